The Kier molecular flexibility index (Phi) is 3.50. The first-order chi connectivity index (χ1) is 9.10. The van der Waals surface area contributed by atoms with Gasteiger partial charge in [-0.1, -0.05) is 0 Å². The molecular formula is C15H24N4O. The van der Waals surface area contributed by atoms with Crippen molar-refractivity contribution in [1.29, 1.82) is 5.41 Å². The Morgan fingerprint density at radius 3 is 2.30 bits per heavy atom. The van der Waals surface area contributed by atoms with E-state index >= 15 is 0 Å². The van der Waals surface area contributed by atoms with Crippen LogP contribution in [-0.2, 0) is 4.74 Å². The van der Waals surface area contributed by atoms with Crippen LogP contribution in [0.2, 0.25) is 0 Å². The highest BCUT2D eigenvalue weighted by Crippen LogP contribution is 2.32. The Morgan fingerprint density at radius 2 is 1.80 bits per heavy atom. The number of nitrogens with one attached hydrogen (secondary N) is 1. The van der Waals surface area contributed by atoms with Crippen LogP contribution >= 0.6 is 0 Å². The van der Waals surface area contributed by atoms with Crippen LogP contribution in [0.4, 0.5) is 5.82 Å². The number of nitrogens with zero attached hydrogens (tertiary/aromatic N) is 2. The average molecular weight is 276 g/mol. The van der Waals surface area contributed by atoms with Crippen molar-refractivity contribution in [3.8, 4) is 0 Å². The standard InChI is InChI=1S/C15H24N4O/c1-10-6-7-11(12(16)17)13(18-10)19-8-14(2,3)20-15(4,5)9-19/h6-7H,8-9H2,1-5H3,(H3,16,17). The first kappa shape index (κ1) is 14.8. The summed E-state index contributed by atoms with van der Waals surface area (Å²) in [7, 11) is 0. The number of rotatable bonds is 2. The van der Waals surface area contributed by atoms with E-state index in [2.05, 4.69) is 37.6 Å². The molecule has 0 spiro atoms. The highest BCUT2D eigenvalue weighted by molar-refractivity contribution is 5.99. The molecule has 0 aliphatic carbocycles. The summed E-state index contributed by atoms with van der Waals surface area (Å²) in [6, 6.07) is 3.76. The molecule has 0 saturated carbocycles. The van der Waals surface area contributed by atoms with Gasteiger partial charge in [-0.15, -0.1) is 0 Å². The van der Waals surface area contributed by atoms with Crippen molar-refractivity contribution in [2.24, 2.45) is 5.73 Å². The van der Waals surface area contributed by atoms with Gasteiger partial charge in [-0.25, -0.2) is 4.98 Å². The lowest BCUT2D eigenvalue weighted by atomic mass is 9.98. The summed E-state index contributed by atoms with van der Waals surface area (Å²) in [6.07, 6.45) is 0. The maximum Gasteiger partial charge on any atom is 0.140 e. The van der Waals surface area contributed by atoms with Gasteiger partial charge in [0.05, 0.1) is 16.8 Å². The number of nitrogens with two attached hydrogens (primary N) is 1. The summed E-state index contributed by atoms with van der Waals surface area (Å²) in [5.41, 5.74) is 6.77. The minimum Gasteiger partial charge on any atom is -0.384 e. The number of amidine groups is 1. The Bertz CT molecular complexity index is 521. The van der Waals surface area contributed by atoms with Crippen LogP contribution < -0.4 is 10.6 Å². The first-order valence-corrected chi connectivity index (χ1v) is 6.87. The predicted octanol–water partition coefficient (Wildman–Crippen LogP) is 2.07. The number of nitrogen functional groups attached to an aromatic ring is 1. The number of ether oxygens (including phenoxy) is 1. The van der Waals surface area contributed by atoms with E-state index < -0.39 is 0 Å². The molecule has 20 heavy (non-hydrogen) atoms. The van der Waals surface area contributed by atoms with Gasteiger partial charge in [0.1, 0.15) is 11.7 Å². The summed E-state index contributed by atoms with van der Waals surface area (Å²) in [5, 5.41) is 7.74. The van der Waals surface area contributed by atoms with Crippen LogP contribution in [0.15, 0.2) is 12.1 Å². The van der Waals surface area contributed by atoms with Gasteiger partial charge in [-0.05, 0) is 46.8 Å². The third kappa shape index (κ3) is 3.10. The van der Waals surface area contributed by atoms with Crippen LogP contribution in [0.3, 0.4) is 0 Å². The van der Waals surface area contributed by atoms with Crippen LogP contribution in [0, 0.1) is 12.3 Å². The van der Waals surface area contributed by atoms with Crippen molar-refractivity contribution in [2.45, 2.75) is 45.8 Å². The molecule has 0 aromatic carbocycles. The third-order valence-electron chi connectivity index (χ3n) is 3.30. The van der Waals surface area contributed by atoms with Crippen LogP contribution in [0.25, 0.3) is 0 Å². The van der Waals surface area contributed by atoms with Gasteiger partial charge in [0.25, 0.3) is 0 Å². The second-order valence-corrected chi connectivity index (χ2v) is 6.71. The molecule has 0 unspecified atom stereocenters. The fraction of sp³-hybridized carbons (Fsp3) is 0.600. The van der Waals surface area contributed by atoms with E-state index in [1.807, 2.05) is 19.1 Å². The van der Waals surface area contributed by atoms with E-state index in [0.717, 1.165) is 24.6 Å². The molecule has 1 aromatic rings. The van der Waals surface area contributed by atoms with E-state index in [1.165, 1.54) is 0 Å². The lowest BCUT2D eigenvalue weighted by Gasteiger charge is -2.48. The largest absolute Gasteiger partial charge is 0.384 e. The maximum atomic E-state index is 7.74. The van der Waals surface area contributed by atoms with Gasteiger partial charge >= 0.3 is 0 Å². The lowest BCUT2D eigenvalue weighted by Crippen LogP contribution is -2.57. The van der Waals surface area contributed by atoms with Crippen LogP contribution in [0.5, 0.6) is 0 Å². The number of pyridine rings is 1. The van der Waals surface area contributed by atoms with Gasteiger partial charge < -0.3 is 15.4 Å². The van der Waals surface area contributed by atoms with E-state index in [0.29, 0.717) is 5.56 Å². The Morgan fingerprint density at radius 1 is 1.25 bits per heavy atom. The molecule has 3 N–H and O–H groups in total. The highest BCUT2D eigenvalue weighted by Gasteiger charge is 2.39. The lowest BCUT2D eigenvalue weighted by molar-refractivity contribution is -0.133. The number of hydrogen-bond donors (Lipinski definition) is 2. The molecular weight excluding hydrogens is 252 g/mol. The van der Waals surface area contributed by atoms with Crippen molar-refractivity contribution in [1.82, 2.24) is 4.98 Å². The van der Waals surface area contributed by atoms with Gasteiger partial charge in [-0.2, -0.15) is 0 Å². The van der Waals surface area contributed by atoms with E-state index in [9.17, 15) is 0 Å². The fourth-order valence-corrected chi connectivity index (χ4v) is 2.93. The smallest absolute Gasteiger partial charge is 0.140 e. The Labute approximate surface area is 120 Å². The first-order valence-electron chi connectivity index (χ1n) is 6.87. The monoisotopic (exact) mass is 276 g/mol. The number of aryl methyl sites for hydroxylation is 1. The summed E-state index contributed by atoms with van der Waals surface area (Å²) in [6.45, 7) is 11.7. The number of hydrogen-bond acceptors (Lipinski definition) is 4. The SMILES string of the molecule is Cc1ccc(C(=N)N)c(N2CC(C)(C)OC(C)(C)C2)n1. The topological polar surface area (TPSA) is 75.2 Å². The molecule has 0 atom stereocenters. The molecule has 0 radical (unpaired) electrons. The highest BCUT2D eigenvalue weighted by atomic mass is 16.5. The van der Waals surface area contributed by atoms with Gasteiger partial charge in [0.2, 0.25) is 0 Å². The maximum absolute atomic E-state index is 7.74. The zero-order valence-electron chi connectivity index (χ0n) is 12.9. The third-order valence-corrected chi connectivity index (χ3v) is 3.30. The summed E-state index contributed by atoms with van der Waals surface area (Å²) >= 11 is 0. The van der Waals surface area contributed by atoms with Crippen molar-refractivity contribution in [3.63, 3.8) is 0 Å². The van der Waals surface area contributed by atoms with Crippen molar-refractivity contribution < 1.29 is 4.74 Å². The number of morpholine rings is 1. The van der Waals surface area contributed by atoms with E-state index in [-0.39, 0.29) is 17.0 Å². The average Bonchev–Trinajstić information content (AvgIpc) is 2.24. The molecule has 0 bridgehead atoms. The zero-order chi connectivity index (χ0) is 15.1. The van der Waals surface area contributed by atoms with E-state index in [4.69, 9.17) is 15.9 Å². The van der Waals surface area contributed by atoms with Gasteiger partial charge in [0, 0.05) is 18.8 Å². The molecule has 2 heterocycles. The Hall–Kier alpha value is -1.62. The summed E-state index contributed by atoms with van der Waals surface area (Å²) in [5.74, 6) is 0.830. The normalized spacial score (nSPS) is 20.8. The number of anilines is 1. The second kappa shape index (κ2) is 4.74. The molecule has 5 nitrogen and oxygen atoms in total. The van der Waals surface area contributed by atoms with Crippen LogP contribution in [0.1, 0.15) is 39.0 Å². The van der Waals surface area contributed by atoms with Crippen molar-refractivity contribution in [3.05, 3.63) is 23.4 Å². The summed E-state index contributed by atoms with van der Waals surface area (Å²) < 4.78 is 6.09. The predicted molar refractivity (Wildman–Crippen MR) is 81.4 cm³/mol. The van der Waals surface area contributed by atoms with Crippen molar-refractivity contribution in [2.75, 3.05) is 18.0 Å². The van der Waals surface area contributed by atoms with Gasteiger partial charge in [0.15, 0.2) is 0 Å². The minimum absolute atomic E-state index is 0.0506. The molecule has 0 amide bonds. The molecule has 1 aliphatic heterocycles. The van der Waals surface area contributed by atoms with Crippen molar-refractivity contribution >= 4 is 11.7 Å². The fourth-order valence-electron chi connectivity index (χ4n) is 2.93. The second-order valence-electron chi connectivity index (χ2n) is 6.71. The molecule has 1 aliphatic rings. The Balaban J connectivity index is 2.45. The molecule has 1 aromatic heterocycles. The molecule has 1 fully saturated rings. The zero-order valence-corrected chi connectivity index (χ0v) is 12.9. The van der Waals surface area contributed by atoms with Crippen LogP contribution in [-0.4, -0.2) is 35.1 Å². The minimum atomic E-state index is -0.263. The van der Waals surface area contributed by atoms with E-state index in [1.54, 1.807) is 0 Å². The summed E-state index contributed by atoms with van der Waals surface area (Å²) in [4.78, 5) is 6.77. The van der Waals surface area contributed by atoms with Gasteiger partial charge in [-0.3, -0.25) is 5.41 Å². The molecule has 1 saturated heterocycles. The number of aromatic nitrogens is 1. The quantitative estimate of drug-likeness (QED) is 0.640. The molecule has 110 valence electrons. The molecule has 5 heteroatoms. The molecule has 2 rings (SSSR count).